The quantitative estimate of drug-likeness (QED) is 0.495. The second-order valence-electron chi connectivity index (χ2n) is 5.42. The number of nitrogens with zero attached hydrogens (tertiary/aromatic N) is 1. The molecule has 0 aliphatic rings. The maximum absolute atomic E-state index is 11.9. The minimum atomic E-state index is -3.18. The molecule has 0 aromatic heterocycles. The molecule has 0 spiro atoms. The van der Waals surface area contributed by atoms with Crippen molar-refractivity contribution in [3.05, 3.63) is 0 Å². The molecule has 0 bridgehead atoms. The van der Waals surface area contributed by atoms with E-state index < -0.39 is 10.0 Å². The zero-order valence-electron chi connectivity index (χ0n) is 11.9. The lowest BCUT2D eigenvalue weighted by Gasteiger charge is -2.23. The molecule has 0 saturated heterocycles. The number of likely N-dealkylation sites (N-methyl/N-ethyl adjacent to an activating group) is 1. The summed E-state index contributed by atoms with van der Waals surface area (Å²) in [4.78, 5) is 2.01. The molecular formula is C12H27ClN2O2S. The first-order chi connectivity index (χ1) is 8.26. The minimum Gasteiger partial charge on any atom is -0.308 e. The van der Waals surface area contributed by atoms with Crippen LogP contribution >= 0.6 is 11.6 Å². The van der Waals surface area contributed by atoms with Crippen molar-refractivity contribution >= 4 is 21.6 Å². The molecule has 0 aliphatic carbocycles. The van der Waals surface area contributed by atoms with Gasteiger partial charge in [0.2, 0.25) is 10.0 Å². The van der Waals surface area contributed by atoms with Crippen LogP contribution in [0.15, 0.2) is 0 Å². The lowest BCUT2D eigenvalue weighted by atomic mass is 10.0. The summed E-state index contributed by atoms with van der Waals surface area (Å²) in [5.41, 5.74) is 0. The molecule has 0 aliphatic heterocycles. The van der Waals surface area contributed by atoms with Gasteiger partial charge in [-0.1, -0.05) is 13.8 Å². The highest BCUT2D eigenvalue weighted by Gasteiger charge is 2.19. The van der Waals surface area contributed by atoms with Crippen molar-refractivity contribution in [1.29, 1.82) is 0 Å². The van der Waals surface area contributed by atoms with E-state index in [9.17, 15) is 8.42 Å². The number of alkyl halides is 1. The van der Waals surface area contributed by atoms with Gasteiger partial charge in [0.25, 0.3) is 0 Å². The first-order valence-electron chi connectivity index (χ1n) is 6.47. The fourth-order valence-electron chi connectivity index (χ4n) is 1.87. The van der Waals surface area contributed by atoms with Gasteiger partial charge in [-0.2, -0.15) is 0 Å². The van der Waals surface area contributed by atoms with Gasteiger partial charge in [0.1, 0.15) is 0 Å². The zero-order valence-corrected chi connectivity index (χ0v) is 13.5. The SMILES string of the molecule is CC(C)CC(CN(C)C)NS(=O)(=O)CCCCCl. The first kappa shape index (κ1) is 18.2. The van der Waals surface area contributed by atoms with E-state index in [1.165, 1.54) is 0 Å². The Morgan fingerprint density at radius 2 is 1.83 bits per heavy atom. The van der Waals surface area contributed by atoms with Crippen LogP contribution in [0.3, 0.4) is 0 Å². The average molecular weight is 299 g/mol. The second kappa shape index (κ2) is 9.13. The van der Waals surface area contributed by atoms with Crippen LogP contribution in [-0.4, -0.2) is 51.6 Å². The molecule has 0 fully saturated rings. The Morgan fingerprint density at radius 1 is 1.22 bits per heavy atom. The van der Waals surface area contributed by atoms with Gasteiger partial charge < -0.3 is 4.90 Å². The van der Waals surface area contributed by atoms with Crippen LogP contribution in [0.4, 0.5) is 0 Å². The van der Waals surface area contributed by atoms with Gasteiger partial charge in [0, 0.05) is 18.5 Å². The van der Waals surface area contributed by atoms with E-state index in [1.54, 1.807) is 0 Å². The third kappa shape index (κ3) is 10.1. The largest absolute Gasteiger partial charge is 0.308 e. The lowest BCUT2D eigenvalue weighted by Crippen LogP contribution is -2.43. The Bertz CT molecular complexity index is 295. The number of sulfonamides is 1. The highest BCUT2D eigenvalue weighted by molar-refractivity contribution is 7.89. The molecule has 0 heterocycles. The molecule has 0 aromatic rings. The van der Waals surface area contributed by atoms with Crippen LogP contribution < -0.4 is 4.72 Å². The van der Waals surface area contributed by atoms with Crippen molar-refractivity contribution in [2.24, 2.45) is 5.92 Å². The number of hydrogen-bond donors (Lipinski definition) is 1. The Kier molecular flexibility index (Phi) is 9.21. The van der Waals surface area contributed by atoms with Gasteiger partial charge in [0.05, 0.1) is 5.75 Å². The van der Waals surface area contributed by atoms with Crippen molar-refractivity contribution in [3.63, 3.8) is 0 Å². The van der Waals surface area contributed by atoms with Crippen molar-refractivity contribution in [1.82, 2.24) is 9.62 Å². The Morgan fingerprint density at radius 3 is 2.28 bits per heavy atom. The van der Waals surface area contributed by atoms with E-state index >= 15 is 0 Å². The van der Waals surface area contributed by atoms with Gasteiger partial charge in [-0.25, -0.2) is 13.1 Å². The third-order valence-electron chi connectivity index (χ3n) is 2.48. The van der Waals surface area contributed by atoms with E-state index in [-0.39, 0.29) is 11.8 Å². The number of halogens is 1. The Hall–Kier alpha value is 0.160. The normalized spacial score (nSPS) is 14.4. The standard InChI is InChI=1S/C12H27ClN2O2S/c1-11(2)9-12(10-15(3)4)14-18(16,17)8-6-5-7-13/h11-12,14H,5-10H2,1-4H3. The smallest absolute Gasteiger partial charge is 0.211 e. The molecule has 18 heavy (non-hydrogen) atoms. The predicted octanol–water partition coefficient (Wildman–Crippen LogP) is 1.90. The average Bonchev–Trinajstić information content (AvgIpc) is 2.14. The van der Waals surface area contributed by atoms with Crippen LogP contribution in [0.1, 0.15) is 33.1 Å². The van der Waals surface area contributed by atoms with E-state index in [2.05, 4.69) is 18.6 Å². The molecule has 0 amide bonds. The topological polar surface area (TPSA) is 49.4 Å². The summed E-state index contributed by atoms with van der Waals surface area (Å²) in [6, 6.07) is -0.0130. The first-order valence-corrected chi connectivity index (χ1v) is 8.66. The number of rotatable bonds is 10. The summed E-state index contributed by atoms with van der Waals surface area (Å²) in [5, 5.41) is 0. The maximum Gasteiger partial charge on any atom is 0.211 e. The van der Waals surface area contributed by atoms with Crippen molar-refractivity contribution in [2.45, 2.75) is 39.2 Å². The molecule has 0 radical (unpaired) electrons. The second-order valence-corrected chi connectivity index (χ2v) is 7.67. The van der Waals surface area contributed by atoms with Crippen molar-refractivity contribution in [2.75, 3.05) is 32.3 Å². The molecule has 6 heteroatoms. The van der Waals surface area contributed by atoms with Crippen molar-refractivity contribution < 1.29 is 8.42 Å². The van der Waals surface area contributed by atoms with Crippen LogP contribution in [0.25, 0.3) is 0 Å². The van der Waals surface area contributed by atoms with Gasteiger partial charge in [-0.05, 0) is 39.3 Å². The molecule has 4 nitrogen and oxygen atoms in total. The summed E-state index contributed by atoms with van der Waals surface area (Å²) in [6.45, 7) is 4.93. The molecule has 0 rings (SSSR count). The highest BCUT2D eigenvalue weighted by atomic mass is 35.5. The van der Waals surface area contributed by atoms with Crippen LogP contribution in [0.5, 0.6) is 0 Å². The Balaban J connectivity index is 4.35. The summed E-state index contributed by atoms with van der Waals surface area (Å²) in [6.07, 6.45) is 2.22. The molecule has 1 atom stereocenters. The third-order valence-corrected chi connectivity index (χ3v) is 4.27. The fraction of sp³-hybridized carbons (Fsp3) is 1.00. The monoisotopic (exact) mass is 298 g/mol. The van der Waals surface area contributed by atoms with E-state index in [1.807, 2.05) is 19.0 Å². The summed E-state index contributed by atoms with van der Waals surface area (Å²) >= 11 is 5.55. The van der Waals surface area contributed by atoms with Gasteiger partial charge in [-0.3, -0.25) is 0 Å². The highest BCUT2D eigenvalue weighted by Crippen LogP contribution is 2.08. The van der Waals surface area contributed by atoms with E-state index in [0.29, 0.717) is 18.2 Å². The van der Waals surface area contributed by atoms with E-state index in [0.717, 1.165) is 19.4 Å². The van der Waals surface area contributed by atoms with Gasteiger partial charge >= 0.3 is 0 Å². The Labute approximate surface area is 117 Å². The summed E-state index contributed by atoms with van der Waals surface area (Å²) in [5.74, 6) is 1.16. The minimum absolute atomic E-state index is 0.0130. The molecule has 1 unspecified atom stereocenters. The van der Waals surface area contributed by atoms with Crippen LogP contribution in [0, 0.1) is 5.92 Å². The van der Waals surface area contributed by atoms with Crippen LogP contribution in [-0.2, 0) is 10.0 Å². The zero-order chi connectivity index (χ0) is 14.2. The van der Waals surface area contributed by atoms with Crippen LogP contribution in [0.2, 0.25) is 0 Å². The fourth-order valence-corrected chi connectivity index (χ4v) is 3.44. The predicted molar refractivity (Wildman–Crippen MR) is 78.7 cm³/mol. The maximum atomic E-state index is 11.9. The molecule has 1 N–H and O–H groups in total. The van der Waals surface area contributed by atoms with Gasteiger partial charge in [0.15, 0.2) is 0 Å². The summed E-state index contributed by atoms with van der Waals surface area (Å²) in [7, 11) is 0.727. The molecule has 0 aromatic carbocycles. The summed E-state index contributed by atoms with van der Waals surface area (Å²) < 4.78 is 26.6. The lowest BCUT2D eigenvalue weighted by molar-refractivity contribution is 0.329. The number of nitrogens with one attached hydrogen (secondary N) is 1. The molecular weight excluding hydrogens is 272 g/mol. The van der Waals surface area contributed by atoms with E-state index in [4.69, 9.17) is 11.6 Å². The van der Waals surface area contributed by atoms with Crippen molar-refractivity contribution in [3.8, 4) is 0 Å². The number of hydrogen-bond acceptors (Lipinski definition) is 3. The van der Waals surface area contributed by atoms with Gasteiger partial charge in [-0.15, -0.1) is 11.6 Å². The molecule has 110 valence electrons. The molecule has 0 saturated carbocycles. The number of unbranched alkanes of at least 4 members (excludes halogenated alkanes) is 1.